The third-order valence-electron chi connectivity index (χ3n) is 2.56. The number of hydrogen-bond acceptors (Lipinski definition) is 3. The summed E-state index contributed by atoms with van der Waals surface area (Å²) in [6, 6.07) is 7.44. The average molecular weight is 251 g/mol. The lowest BCUT2D eigenvalue weighted by Gasteiger charge is -2.16. The minimum atomic E-state index is -1.34. The van der Waals surface area contributed by atoms with Crippen LogP contribution in [0.3, 0.4) is 0 Å². The van der Waals surface area contributed by atoms with E-state index in [4.69, 9.17) is 5.11 Å². The summed E-state index contributed by atoms with van der Waals surface area (Å²) in [7, 11) is 0. The Bertz CT molecular complexity index is 405. The SMILES string of the molecule is CCCC(NC(=O)[C@@H](O)c1ccccc1)C(=O)O. The van der Waals surface area contributed by atoms with Gasteiger partial charge in [0, 0.05) is 0 Å². The zero-order valence-corrected chi connectivity index (χ0v) is 10.2. The van der Waals surface area contributed by atoms with Crippen molar-refractivity contribution in [3.05, 3.63) is 35.9 Å². The molecular weight excluding hydrogens is 234 g/mol. The van der Waals surface area contributed by atoms with E-state index in [2.05, 4.69) is 5.32 Å². The molecule has 5 heteroatoms. The van der Waals surface area contributed by atoms with Crippen molar-refractivity contribution in [3.8, 4) is 0 Å². The van der Waals surface area contributed by atoms with Crippen molar-refractivity contribution >= 4 is 11.9 Å². The van der Waals surface area contributed by atoms with Crippen LogP contribution >= 0.6 is 0 Å². The van der Waals surface area contributed by atoms with Crippen LogP contribution in [0.5, 0.6) is 0 Å². The summed E-state index contributed by atoms with van der Waals surface area (Å²) in [6.07, 6.45) is -0.369. The van der Waals surface area contributed by atoms with E-state index in [0.717, 1.165) is 0 Å². The number of carboxylic acids is 1. The fourth-order valence-corrected chi connectivity index (χ4v) is 1.58. The standard InChI is InChI=1S/C13H17NO4/c1-2-6-10(13(17)18)14-12(16)11(15)9-7-4-3-5-8-9/h3-5,7-8,10-11,15H,2,6H2,1H3,(H,14,16)(H,17,18)/t10?,11-/m0/s1. The van der Waals surface area contributed by atoms with Gasteiger partial charge in [0.25, 0.3) is 5.91 Å². The molecule has 3 N–H and O–H groups in total. The van der Waals surface area contributed by atoms with Crippen molar-refractivity contribution < 1.29 is 19.8 Å². The monoisotopic (exact) mass is 251 g/mol. The summed E-state index contributed by atoms with van der Waals surface area (Å²) in [5.74, 6) is -1.78. The first-order valence-electron chi connectivity index (χ1n) is 5.82. The van der Waals surface area contributed by atoms with E-state index in [9.17, 15) is 14.7 Å². The molecule has 0 radical (unpaired) electrons. The van der Waals surface area contributed by atoms with Crippen molar-refractivity contribution in [2.24, 2.45) is 0 Å². The largest absolute Gasteiger partial charge is 0.480 e. The molecule has 1 amide bonds. The quantitative estimate of drug-likeness (QED) is 0.706. The van der Waals surface area contributed by atoms with Gasteiger partial charge in [-0.3, -0.25) is 4.79 Å². The van der Waals surface area contributed by atoms with Gasteiger partial charge >= 0.3 is 5.97 Å². The molecule has 98 valence electrons. The Balaban J connectivity index is 2.67. The first-order valence-corrected chi connectivity index (χ1v) is 5.82. The number of aliphatic hydroxyl groups excluding tert-OH is 1. The lowest BCUT2D eigenvalue weighted by atomic mass is 10.1. The highest BCUT2D eigenvalue weighted by Gasteiger charge is 2.23. The molecule has 0 saturated heterocycles. The molecule has 0 fully saturated rings. The van der Waals surface area contributed by atoms with Gasteiger partial charge in [-0.05, 0) is 12.0 Å². The summed E-state index contributed by atoms with van der Waals surface area (Å²) >= 11 is 0. The average Bonchev–Trinajstić information content (AvgIpc) is 2.38. The number of carboxylic acid groups (broad SMARTS) is 1. The molecule has 1 aromatic rings. The van der Waals surface area contributed by atoms with E-state index in [1.165, 1.54) is 0 Å². The second-order valence-corrected chi connectivity index (χ2v) is 4.00. The highest BCUT2D eigenvalue weighted by atomic mass is 16.4. The van der Waals surface area contributed by atoms with Gasteiger partial charge in [-0.15, -0.1) is 0 Å². The smallest absolute Gasteiger partial charge is 0.326 e. The normalized spacial score (nSPS) is 13.7. The fourth-order valence-electron chi connectivity index (χ4n) is 1.58. The van der Waals surface area contributed by atoms with Gasteiger partial charge < -0.3 is 15.5 Å². The van der Waals surface area contributed by atoms with Crippen LogP contribution in [-0.2, 0) is 9.59 Å². The van der Waals surface area contributed by atoms with Gasteiger partial charge in [0.15, 0.2) is 6.10 Å². The maximum absolute atomic E-state index is 11.7. The molecular formula is C13H17NO4. The Kier molecular flexibility index (Phi) is 5.32. The Labute approximate surface area is 105 Å². The van der Waals surface area contributed by atoms with E-state index in [1.54, 1.807) is 30.3 Å². The number of aliphatic hydroxyl groups is 1. The number of carbonyl (C=O) groups is 2. The highest BCUT2D eigenvalue weighted by Crippen LogP contribution is 2.12. The Morgan fingerprint density at radius 2 is 1.89 bits per heavy atom. The van der Waals surface area contributed by atoms with E-state index in [0.29, 0.717) is 18.4 Å². The lowest BCUT2D eigenvalue weighted by molar-refractivity contribution is -0.143. The summed E-state index contributed by atoms with van der Waals surface area (Å²) in [6.45, 7) is 1.83. The van der Waals surface area contributed by atoms with E-state index < -0.39 is 24.0 Å². The molecule has 0 heterocycles. The predicted molar refractivity (Wildman–Crippen MR) is 65.9 cm³/mol. The molecule has 0 aromatic heterocycles. The molecule has 0 aliphatic rings. The van der Waals surface area contributed by atoms with Gasteiger partial charge in [-0.25, -0.2) is 4.79 Å². The summed E-state index contributed by atoms with van der Waals surface area (Å²) in [5, 5.41) is 21.0. The minimum Gasteiger partial charge on any atom is -0.480 e. The zero-order chi connectivity index (χ0) is 13.5. The third kappa shape index (κ3) is 3.85. The zero-order valence-electron chi connectivity index (χ0n) is 10.2. The fraction of sp³-hybridized carbons (Fsp3) is 0.385. The van der Waals surface area contributed by atoms with Crippen molar-refractivity contribution in [1.82, 2.24) is 5.32 Å². The van der Waals surface area contributed by atoms with Crippen molar-refractivity contribution in [2.45, 2.75) is 31.9 Å². The van der Waals surface area contributed by atoms with Gasteiger partial charge in [0.05, 0.1) is 0 Å². The molecule has 2 atom stereocenters. The van der Waals surface area contributed by atoms with Crippen LogP contribution in [0.15, 0.2) is 30.3 Å². The van der Waals surface area contributed by atoms with E-state index in [-0.39, 0.29) is 0 Å². The number of nitrogens with one attached hydrogen (secondary N) is 1. The lowest BCUT2D eigenvalue weighted by Crippen LogP contribution is -2.42. The van der Waals surface area contributed by atoms with Crippen LogP contribution in [0.2, 0.25) is 0 Å². The molecule has 1 rings (SSSR count). The third-order valence-corrected chi connectivity index (χ3v) is 2.56. The Morgan fingerprint density at radius 3 is 2.39 bits per heavy atom. The molecule has 0 aliphatic carbocycles. The first-order chi connectivity index (χ1) is 8.56. The number of benzene rings is 1. The predicted octanol–water partition coefficient (Wildman–Crippen LogP) is 1.09. The van der Waals surface area contributed by atoms with Gasteiger partial charge in [0.1, 0.15) is 6.04 Å². The Hall–Kier alpha value is -1.88. The van der Waals surface area contributed by atoms with E-state index in [1.807, 2.05) is 6.92 Å². The Morgan fingerprint density at radius 1 is 1.28 bits per heavy atom. The number of rotatable bonds is 6. The van der Waals surface area contributed by atoms with Crippen LogP contribution < -0.4 is 5.32 Å². The second kappa shape index (κ2) is 6.76. The maximum Gasteiger partial charge on any atom is 0.326 e. The van der Waals surface area contributed by atoms with Crippen LogP contribution in [-0.4, -0.2) is 28.1 Å². The number of amides is 1. The minimum absolute atomic E-state index is 0.336. The highest BCUT2D eigenvalue weighted by molar-refractivity contribution is 5.86. The van der Waals surface area contributed by atoms with Crippen molar-refractivity contribution in [3.63, 3.8) is 0 Å². The van der Waals surface area contributed by atoms with Crippen molar-refractivity contribution in [2.75, 3.05) is 0 Å². The molecule has 0 bridgehead atoms. The molecule has 5 nitrogen and oxygen atoms in total. The topological polar surface area (TPSA) is 86.6 Å². The van der Waals surface area contributed by atoms with E-state index >= 15 is 0 Å². The number of aliphatic carboxylic acids is 1. The van der Waals surface area contributed by atoms with Crippen LogP contribution in [0.4, 0.5) is 0 Å². The van der Waals surface area contributed by atoms with Gasteiger partial charge in [0.2, 0.25) is 0 Å². The summed E-state index contributed by atoms with van der Waals surface area (Å²) in [4.78, 5) is 22.6. The summed E-state index contributed by atoms with van der Waals surface area (Å²) in [5.41, 5.74) is 0.440. The van der Waals surface area contributed by atoms with Crippen molar-refractivity contribution in [1.29, 1.82) is 0 Å². The first kappa shape index (κ1) is 14.2. The molecule has 1 unspecified atom stereocenters. The molecule has 0 aliphatic heterocycles. The number of carbonyl (C=O) groups excluding carboxylic acids is 1. The van der Waals surface area contributed by atoms with Gasteiger partial charge in [-0.1, -0.05) is 43.7 Å². The number of hydrogen-bond donors (Lipinski definition) is 3. The van der Waals surface area contributed by atoms with Crippen LogP contribution in [0.1, 0.15) is 31.4 Å². The second-order valence-electron chi connectivity index (χ2n) is 4.00. The van der Waals surface area contributed by atoms with Gasteiger partial charge in [-0.2, -0.15) is 0 Å². The van der Waals surface area contributed by atoms with Crippen LogP contribution in [0.25, 0.3) is 0 Å². The molecule has 0 saturated carbocycles. The molecule has 0 spiro atoms. The maximum atomic E-state index is 11.7. The summed E-state index contributed by atoms with van der Waals surface area (Å²) < 4.78 is 0. The van der Waals surface area contributed by atoms with Crippen LogP contribution in [0, 0.1) is 0 Å². The molecule has 18 heavy (non-hydrogen) atoms. The molecule has 1 aromatic carbocycles.